The second-order valence-corrected chi connectivity index (χ2v) is 4.03. The molecule has 0 unspecified atom stereocenters. The van der Waals surface area contributed by atoms with Crippen LogP contribution in [0.3, 0.4) is 0 Å². The average Bonchev–Trinajstić information content (AvgIpc) is 2.43. The number of carbonyl (C=O) groups is 2. The molecule has 0 atom stereocenters. The van der Waals surface area contributed by atoms with E-state index in [1.807, 2.05) is 20.8 Å². The van der Waals surface area contributed by atoms with Gasteiger partial charge in [0.15, 0.2) is 0 Å². The summed E-state index contributed by atoms with van der Waals surface area (Å²) in [4.78, 5) is 36.1. The van der Waals surface area contributed by atoms with Crippen LogP contribution in [0, 0.1) is 0 Å². The summed E-state index contributed by atoms with van der Waals surface area (Å²) in [7, 11) is 3.22. The van der Waals surface area contributed by atoms with Crippen molar-refractivity contribution in [2.45, 2.75) is 27.3 Å². The molecule has 0 aliphatic rings. The number of rotatable bonds is 4. The number of hydrogen-bond acceptors (Lipinski definition) is 3. The minimum absolute atomic E-state index is 0.0704. The third kappa shape index (κ3) is 5.26. The van der Waals surface area contributed by atoms with E-state index >= 15 is 0 Å². The van der Waals surface area contributed by atoms with Gasteiger partial charge in [0.25, 0.3) is 11.5 Å². The summed E-state index contributed by atoms with van der Waals surface area (Å²) in [5.41, 5.74) is 0.0567. The Morgan fingerprint density at radius 3 is 2.35 bits per heavy atom. The van der Waals surface area contributed by atoms with Crippen LogP contribution >= 0.6 is 0 Å². The lowest BCUT2D eigenvalue weighted by atomic mass is 10.2. The Labute approximate surface area is 119 Å². The van der Waals surface area contributed by atoms with Crippen LogP contribution < -0.4 is 10.9 Å². The molecule has 0 radical (unpaired) electrons. The number of aromatic nitrogens is 1. The van der Waals surface area contributed by atoms with Crippen molar-refractivity contribution in [3.8, 4) is 0 Å². The normalized spacial score (nSPS) is 9.25. The SMILES string of the molecule is CC.CCNC(=O)c1ccc(=O)n(CC(=O)N(C)C)c1. The standard InChI is InChI=1S/C12H17N3O3.C2H6/c1-4-13-12(18)9-5-6-10(16)15(7-9)8-11(17)14(2)3;1-2/h5-7H,4,8H2,1-3H3,(H,13,18);1-2H3. The molecule has 1 N–H and O–H groups in total. The Balaban J connectivity index is 0.00000172. The minimum Gasteiger partial charge on any atom is -0.352 e. The van der Waals surface area contributed by atoms with Gasteiger partial charge in [0, 0.05) is 32.9 Å². The first-order valence-corrected chi connectivity index (χ1v) is 6.64. The molecular formula is C14H23N3O3. The molecule has 6 heteroatoms. The van der Waals surface area contributed by atoms with Crippen LogP contribution in [0.15, 0.2) is 23.1 Å². The molecule has 1 rings (SSSR count). The van der Waals surface area contributed by atoms with E-state index in [4.69, 9.17) is 0 Å². The number of amides is 2. The highest BCUT2D eigenvalue weighted by molar-refractivity contribution is 5.93. The molecule has 20 heavy (non-hydrogen) atoms. The monoisotopic (exact) mass is 281 g/mol. The smallest absolute Gasteiger partial charge is 0.252 e. The Kier molecular flexibility index (Phi) is 7.96. The van der Waals surface area contributed by atoms with Gasteiger partial charge >= 0.3 is 0 Å². The van der Waals surface area contributed by atoms with Crippen molar-refractivity contribution in [3.05, 3.63) is 34.2 Å². The molecule has 1 aromatic heterocycles. The number of hydrogen-bond donors (Lipinski definition) is 1. The molecule has 0 saturated heterocycles. The Morgan fingerprint density at radius 2 is 1.85 bits per heavy atom. The summed E-state index contributed by atoms with van der Waals surface area (Å²) in [6, 6.07) is 2.73. The van der Waals surface area contributed by atoms with E-state index in [1.165, 1.54) is 27.8 Å². The van der Waals surface area contributed by atoms with Gasteiger partial charge in [-0.25, -0.2) is 0 Å². The maximum absolute atomic E-state index is 11.6. The van der Waals surface area contributed by atoms with E-state index in [0.717, 1.165) is 0 Å². The number of likely N-dealkylation sites (N-methyl/N-ethyl adjacent to an activating group) is 1. The molecule has 0 saturated carbocycles. The second kappa shape index (κ2) is 8.90. The molecule has 112 valence electrons. The van der Waals surface area contributed by atoms with Gasteiger partial charge in [-0.3, -0.25) is 14.4 Å². The summed E-state index contributed by atoms with van der Waals surface area (Å²) >= 11 is 0. The molecule has 1 heterocycles. The molecule has 2 amide bonds. The lowest BCUT2D eigenvalue weighted by Gasteiger charge is -2.12. The number of nitrogens with one attached hydrogen (secondary N) is 1. The van der Waals surface area contributed by atoms with Crippen molar-refractivity contribution in [3.63, 3.8) is 0 Å². The van der Waals surface area contributed by atoms with Crippen LogP contribution in [0.5, 0.6) is 0 Å². The first-order valence-electron chi connectivity index (χ1n) is 6.64. The molecule has 0 fully saturated rings. The van der Waals surface area contributed by atoms with Gasteiger partial charge in [0.1, 0.15) is 6.54 Å². The Hall–Kier alpha value is -2.11. The average molecular weight is 281 g/mol. The van der Waals surface area contributed by atoms with Crippen molar-refractivity contribution < 1.29 is 9.59 Å². The Bertz CT molecular complexity index is 507. The summed E-state index contributed by atoms with van der Waals surface area (Å²) in [6.07, 6.45) is 1.40. The fourth-order valence-electron chi connectivity index (χ4n) is 1.34. The largest absolute Gasteiger partial charge is 0.352 e. The van der Waals surface area contributed by atoms with Gasteiger partial charge in [-0.05, 0) is 13.0 Å². The highest BCUT2D eigenvalue weighted by Gasteiger charge is 2.10. The predicted octanol–water partition coefficient (Wildman–Crippen LogP) is 0.712. The van der Waals surface area contributed by atoms with Crippen LogP contribution in [0.1, 0.15) is 31.1 Å². The summed E-state index contributed by atoms with van der Waals surface area (Å²) in [5, 5.41) is 2.63. The van der Waals surface area contributed by atoms with Gasteiger partial charge in [0.2, 0.25) is 5.91 Å². The van der Waals surface area contributed by atoms with Gasteiger partial charge in [-0.1, -0.05) is 13.8 Å². The van der Waals surface area contributed by atoms with Crippen molar-refractivity contribution in [2.24, 2.45) is 0 Å². The summed E-state index contributed by atoms with van der Waals surface area (Å²) in [5.74, 6) is -0.464. The number of carbonyl (C=O) groups excluding carboxylic acids is 2. The van der Waals surface area contributed by atoms with Crippen LogP contribution in [0.25, 0.3) is 0 Å². The van der Waals surface area contributed by atoms with Crippen LogP contribution in [0.4, 0.5) is 0 Å². The quantitative estimate of drug-likeness (QED) is 0.883. The van der Waals surface area contributed by atoms with E-state index in [0.29, 0.717) is 12.1 Å². The van der Waals surface area contributed by atoms with Crippen molar-refractivity contribution >= 4 is 11.8 Å². The zero-order chi connectivity index (χ0) is 15.7. The van der Waals surface area contributed by atoms with E-state index in [-0.39, 0.29) is 23.9 Å². The van der Waals surface area contributed by atoms with Crippen LogP contribution in [-0.2, 0) is 11.3 Å². The van der Waals surface area contributed by atoms with E-state index in [1.54, 1.807) is 14.1 Å². The third-order valence-electron chi connectivity index (χ3n) is 2.39. The van der Waals surface area contributed by atoms with Crippen molar-refractivity contribution in [2.75, 3.05) is 20.6 Å². The van der Waals surface area contributed by atoms with E-state index in [2.05, 4.69) is 5.32 Å². The number of pyridine rings is 1. The Morgan fingerprint density at radius 1 is 1.25 bits per heavy atom. The lowest BCUT2D eigenvalue weighted by Crippen LogP contribution is -2.32. The minimum atomic E-state index is -0.307. The first kappa shape index (κ1) is 17.9. The molecule has 6 nitrogen and oxygen atoms in total. The third-order valence-corrected chi connectivity index (χ3v) is 2.39. The van der Waals surface area contributed by atoms with E-state index in [9.17, 15) is 14.4 Å². The molecule has 0 bridgehead atoms. The topological polar surface area (TPSA) is 71.4 Å². The first-order chi connectivity index (χ1) is 9.45. The summed E-state index contributed by atoms with van der Waals surface area (Å²) in [6.45, 7) is 6.25. The molecule has 0 aliphatic carbocycles. The predicted molar refractivity (Wildman–Crippen MR) is 78.8 cm³/mol. The van der Waals surface area contributed by atoms with Gasteiger partial charge < -0.3 is 14.8 Å². The molecule has 1 aromatic rings. The highest BCUT2D eigenvalue weighted by Crippen LogP contribution is 1.96. The van der Waals surface area contributed by atoms with Gasteiger partial charge in [-0.15, -0.1) is 0 Å². The van der Waals surface area contributed by atoms with Crippen molar-refractivity contribution in [1.82, 2.24) is 14.8 Å². The molecule has 0 aromatic carbocycles. The molecular weight excluding hydrogens is 258 g/mol. The zero-order valence-electron chi connectivity index (χ0n) is 12.8. The van der Waals surface area contributed by atoms with Crippen molar-refractivity contribution in [1.29, 1.82) is 0 Å². The fraction of sp³-hybridized carbons (Fsp3) is 0.500. The zero-order valence-corrected chi connectivity index (χ0v) is 12.8. The highest BCUT2D eigenvalue weighted by atomic mass is 16.2. The van der Waals surface area contributed by atoms with Gasteiger partial charge in [-0.2, -0.15) is 0 Å². The maximum atomic E-state index is 11.6. The molecule has 0 spiro atoms. The fourth-order valence-corrected chi connectivity index (χ4v) is 1.34. The van der Waals surface area contributed by atoms with Crippen LogP contribution in [-0.4, -0.2) is 41.9 Å². The second-order valence-electron chi connectivity index (χ2n) is 4.03. The maximum Gasteiger partial charge on any atom is 0.252 e. The summed E-state index contributed by atoms with van der Waals surface area (Å²) < 4.78 is 1.23. The van der Waals surface area contributed by atoms with E-state index < -0.39 is 0 Å². The molecule has 0 aliphatic heterocycles. The van der Waals surface area contributed by atoms with Gasteiger partial charge in [0.05, 0.1) is 5.56 Å². The number of nitrogens with zero attached hydrogens (tertiary/aromatic N) is 2. The van der Waals surface area contributed by atoms with Crippen LogP contribution in [0.2, 0.25) is 0 Å². The lowest BCUT2D eigenvalue weighted by molar-refractivity contribution is -0.129.